The molecule has 1 aliphatic rings. The normalized spacial score (nSPS) is 16.5. The van der Waals surface area contributed by atoms with Gasteiger partial charge in [-0.15, -0.1) is 0 Å². The first-order valence-electron chi connectivity index (χ1n) is 11.3. The van der Waals surface area contributed by atoms with Crippen molar-refractivity contribution in [3.63, 3.8) is 0 Å². The van der Waals surface area contributed by atoms with Gasteiger partial charge in [0.25, 0.3) is 5.69 Å². The second kappa shape index (κ2) is 10.2. The summed E-state index contributed by atoms with van der Waals surface area (Å²) in [5, 5.41) is 15.9. The number of anilines is 1. The van der Waals surface area contributed by atoms with Gasteiger partial charge in [0.1, 0.15) is 16.7 Å². The predicted octanol–water partition coefficient (Wildman–Crippen LogP) is 4.97. The molecule has 4 rings (SSSR count). The average Bonchev–Trinajstić information content (AvgIpc) is 2.88. The zero-order valence-electron chi connectivity index (χ0n) is 19.4. The van der Waals surface area contributed by atoms with Crippen LogP contribution in [0.1, 0.15) is 37.5 Å². The molecule has 1 N–H and O–H groups in total. The molecule has 1 atom stereocenters. The molecule has 0 amide bonds. The van der Waals surface area contributed by atoms with Gasteiger partial charge < -0.3 is 4.74 Å². The molecule has 0 aromatic heterocycles. The lowest BCUT2D eigenvalue weighted by Gasteiger charge is -2.27. The van der Waals surface area contributed by atoms with Gasteiger partial charge in [0, 0.05) is 37.2 Å². The molecular formula is C25H26N4O5S. The number of hydrogen-bond donors (Lipinski definition) is 1. The van der Waals surface area contributed by atoms with Crippen LogP contribution in [0, 0.1) is 10.1 Å². The van der Waals surface area contributed by atoms with Crippen molar-refractivity contribution < 1.29 is 18.1 Å². The molecule has 35 heavy (non-hydrogen) atoms. The fourth-order valence-electron chi connectivity index (χ4n) is 4.01. The fourth-order valence-corrected chi connectivity index (χ4v) is 5.63. The third kappa shape index (κ3) is 5.03. The van der Waals surface area contributed by atoms with E-state index in [0.29, 0.717) is 17.9 Å². The molecule has 0 saturated carbocycles. The summed E-state index contributed by atoms with van der Waals surface area (Å²) < 4.78 is 34.0. The molecule has 1 aliphatic heterocycles. The monoisotopic (exact) mass is 494 g/mol. The van der Waals surface area contributed by atoms with Gasteiger partial charge in [-0.2, -0.15) is 9.41 Å². The fraction of sp³-hybridized carbons (Fsp3) is 0.240. The Bertz CT molecular complexity index is 1360. The first-order chi connectivity index (χ1) is 16.8. The molecule has 0 fully saturated rings. The third-order valence-electron chi connectivity index (χ3n) is 5.83. The van der Waals surface area contributed by atoms with Gasteiger partial charge in [0.15, 0.2) is 0 Å². The lowest BCUT2D eigenvalue weighted by molar-refractivity contribution is -0.385. The minimum atomic E-state index is -3.98. The molecule has 0 radical (unpaired) electrons. The van der Waals surface area contributed by atoms with Crippen LogP contribution in [0.3, 0.4) is 0 Å². The number of para-hydroxylation sites is 1. The van der Waals surface area contributed by atoms with E-state index in [1.54, 1.807) is 13.8 Å². The van der Waals surface area contributed by atoms with E-state index in [2.05, 4.69) is 10.5 Å². The molecular weight excluding hydrogens is 468 g/mol. The first-order valence-corrected chi connectivity index (χ1v) is 12.7. The number of nitrogens with one attached hydrogen (secondary N) is 1. The van der Waals surface area contributed by atoms with E-state index in [0.717, 1.165) is 17.2 Å². The van der Waals surface area contributed by atoms with Crippen LogP contribution < -0.4 is 10.2 Å². The lowest BCUT2D eigenvalue weighted by Crippen LogP contribution is -2.31. The number of nitro benzene ring substituents is 1. The lowest BCUT2D eigenvalue weighted by atomic mass is 9.96. The molecule has 0 spiro atoms. The summed E-state index contributed by atoms with van der Waals surface area (Å²) in [5.41, 5.74) is 5.20. The highest BCUT2D eigenvalue weighted by Crippen LogP contribution is 2.36. The summed E-state index contributed by atoms with van der Waals surface area (Å²) in [6, 6.07) is 21.0. The van der Waals surface area contributed by atoms with Crippen LogP contribution in [0.5, 0.6) is 5.75 Å². The molecule has 9 nitrogen and oxygen atoms in total. The largest absolute Gasteiger partial charge is 0.485 e. The summed E-state index contributed by atoms with van der Waals surface area (Å²) in [4.78, 5) is 10.5. The van der Waals surface area contributed by atoms with Crippen LogP contribution in [-0.4, -0.2) is 36.4 Å². The third-order valence-corrected chi connectivity index (χ3v) is 7.92. The Hall–Kier alpha value is -3.76. The van der Waals surface area contributed by atoms with Gasteiger partial charge in [0.05, 0.1) is 16.3 Å². The Labute approximate surface area is 204 Å². The van der Waals surface area contributed by atoms with Crippen molar-refractivity contribution in [1.29, 1.82) is 0 Å². The molecule has 1 heterocycles. The van der Waals surface area contributed by atoms with E-state index < -0.39 is 14.9 Å². The van der Waals surface area contributed by atoms with Crippen LogP contribution in [0.15, 0.2) is 82.8 Å². The Balaban J connectivity index is 1.75. The van der Waals surface area contributed by atoms with Crippen molar-refractivity contribution in [2.24, 2.45) is 5.10 Å². The molecule has 10 heteroatoms. The number of fused-ring (bicyclic) bond motifs is 1. The zero-order valence-corrected chi connectivity index (χ0v) is 20.2. The van der Waals surface area contributed by atoms with Gasteiger partial charge in [-0.1, -0.05) is 56.3 Å². The van der Waals surface area contributed by atoms with Crippen molar-refractivity contribution in [1.82, 2.24) is 4.31 Å². The van der Waals surface area contributed by atoms with Crippen LogP contribution in [0.4, 0.5) is 11.4 Å². The van der Waals surface area contributed by atoms with Crippen LogP contribution in [-0.2, 0) is 10.0 Å². The number of nitro groups is 1. The van der Waals surface area contributed by atoms with Crippen molar-refractivity contribution >= 4 is 27.1 Å². The van der Waals surface area contributed by atoms with E-state index in [1.165, 1.54) is 16.4 Å². The maximum atomic E-state index is 13.3. The Kier molecular flexibility index (Phi) is 7.13. The average molecular weight is 495 g/mol. The highest BCUT2D eigenvalue weighted by atomic mass is 32.2. The van der Waals surface area contributed by atoms with Crippen LogP contribution in [0.25, 0.3) is 0 Å². The van der Waals surface area contributed by atoms with E-state index in [4.69, 9.17) is 4.74 Å². The standard InChI is InChI=1S/C25H26N4O5S/c1-3-28(4-2)35(32,33)25-16-19(29(30)31)14-15-21(25)26-27-22-17-24(18-10-6-5-7-11-18)34-23-13-9-8-12-20(22)23/h5-16,24,26H,3-4,17H2,1-2H3/b27-22+/t24-/m1/s1. The molecule has 0 aliphatic carbocycles. The zero-order chi connectivity index (χ0) is 25.0. The molecule has 3 aromatic rings. The second-order valence-electron chi connectivity index (χ2n) is 7.91. The van der Waals surface area contributed by atoms with Crippen molar-refractivity contribution in [3.8, 4) is 5.75 Å². The molecule has 0 saturated heterocycles. The maximum Gasteiger partial charge on any atom is 0.270 e. The smallest absolute Gasteiger partial charge is 0.270 e. The summed E-state index contributed by atoms with van der Waals surface area (Å²) in [5.74, 6) is 0.674. The minimum Gasteiger partial charge on any atom is -0.485 e. The number of non-ortho nitro benzene ring substituents is 1. The number of hydrogen-bond acceptors (Lipinski definition) is 7. The summed E-state index contributed by atoms with van der Waals surface area (Å²) >= 11 is 0. The Morgan fingerprint density at radius 1 is 1.06 bits per heavy atom. The predicted molar refractivity (Wildman–Crippen MR) is 134 cm³/mol. The molecule has 0 unspecified atom stereocenters. The minimum absolute atomic E-state index is 0.162. The van der Waals surface area contributed by atoms with Gasteiger partial charge in [-0.05, 0) is 23.8 Å². The van der Waals surface area contributed by atoms with E-state index in [1.807, 2.05) is 54.6 Å². The van der Waals surface area contributed by atoms with E-state index in [-0.39, 0.29) is 35.5 Å². The Morgan fingerprint density at radius 3 is 2.43 bits per heavy atom. The first kappa shape index (κ1) is 24.4. The van der Waals surface area contributed by atoms with Crippen LogP contribution >= 0.6 is 0 Å². The summed E-state index contributed by atoms with van der Waals surface area (Å²) in [7, 11) is -3.98. The highest BCUT2D eigenvalue weighted by Gasteiger charge is 2.29. The summed E-state index contributed by atoms with van der Waals surface area (Å²) in [6.45, 7) is 3.90. The van der Waals surface area contributed by atoms with Crippen molar-refractivity contribution in [3.05, 3.63) is 94.0 Å². The number of ether oxygens (including phenoxy) is 1. The second-order valence-corrected chi connectivity index (χ2v) is 9.82. The van der Waals surface area contributed by atoms with Crippen molar-refractivity contribution in [2.45, 2.75) is 31.3 Å². The van der Waals surface area contributed by atoms with E-state index in [9.17, 15) is 18.5 Å². The van der Waals surface area contributed by atoms with Gasteiger partial charge in [-0.25, -0.2) is 8.42 Å². The summed E-state index contributed by atoms with van der Waals surface area (Å²) in [6.07, 6.45) is 0.196. The SMILES string of the molecule is CCN(CC)S(=O)(=O)c1cc([N+](=O)[O-])ccc1N/N=C1\C[C@H](c2ccccc2)Oc2ccccc21. The molecule has 0 bridgehead atoms. The number of sulfonamides is 1. The number of hydrazone groups is 1. The molecule has 182 valence electrons. The van der Waals surface area contributed by atoms with Gasteiger partial charge in [-0.3, -0.25) is 15.5 Å². The van der Waals surface area contributed by atoms with Gasteiger partial charge >= 0.3 is 0 Å². The topological polar surface area (TPSA) is 114 Å². The number of rotatable bonds is 8. The quantitative estimate of drug-likeness (QED) is 0.349. The van der Waals surface area contributed by atoms with Crippen LogP contribution in [0.2, 0.25) is 0 Å². The van der Waals surface area contributed by atoms with Gasteiger partial charge in [0.2, 0.25) is 10.0 Å². The van der Waals surface area contributed by atoms with Crippen molar-refractivity contribution in [2.75, 3.05) is 18.5 Å². The number of benzene rings is 3. The highest BCUT2D eigenvalue weighted by molar-refractivity contribution is 7.89. The molecule has 3 aromatic carbocycles. The Morgan fingerprint density at radius 2 is 1.74 bits per heavy atom. The maximum absolute atomic E-state index is 13.3. The number of nitrogens with zero attached hydrogens (tertiary/aromatic N) is 3. The van der Waals surface area contributed by atoms with E-state index >= 15 is 0 Å².